The first kappa shape index (κ1) is 57.0. The maximum atomic E-state index is 14.2. The van der Waals surface area contributed by atoms with Gasteiger partial charge in [-0.1, -0.05) is 71.2 Å². The van der Waals surface area contributed by atoms with Gasteiger partial charge in [-0.2, -0.15) is 127 Å². The minimum Gasteiger partial charge on any atom is -0.194 e. The molecule has 0 fully saturated rings. The molecule has 0 aliphatic rings. The van der Waals surface area contributed by atoms with E-state index in [1.54, 1.807) is 22.7 Å². The van der Waals surface area contributed by atoms with E-state index in [0.717, 1.165) is 8.42 Å². The molecule has 2 aromatic heterocycles. The molecule has 4 aromatic carbocycles. The molecule has 380 valence electrons. The summed E-state index contributed by atoms with van der Waals surface area (Å²) in [5, 5.41) is 0. The summed E-state index contributed by atoms with van der Waals surface area (Å²) in [6, 6.07) is -0.318. The zero-order valence-corrected chi connectivity index (χ0v) is 38.6. The summed E-state index contributed by atoms with van der Waals surface area (Å²) in [5.41, 5.74) is -30.2. The van der Waals surface area contributed by atoms with Gasteiger partial charge < -0.3 is 0 Å². The van der Waals surface area contributed by atoms with Gasteiger partial charge in [0.25, 0.3) is 0 Å². The van der Waals surface area contributed by atoms with Crippen LogP contribution in [0, 0.1) is 5.77 Å². The van der Waals surface area contributed by atoms with Crippen LogP contribution in [0.4, 0.5) is 105 Å². The van der Waals surface area contributed by atoms with Crippen LogP contribution in [0.3, 0.4) is 0 Å². The zero-order valence-electron chi connectivity index (χ0n) is 33.0. The summed E-state index contributed by atoms with van der Waals surface area (Å²) in [5.74, 6) is 0. The van der Waals surface area contributed by atoms with Crippen molar-refractivity contribution in [3.8, 4) is 0 Å². The van der Waals surface area contributed by atoms with Gasteiger partial charge in [0.1, 0.15) is 6.15 Å². The number of hydrogen-bond acceptors (Lipinski definition) is 4. The molecule has 0 saturated heterocycles. The normalized spacial score (nSPS) is 13.6. The van der Waals surface area contributed by atoms with Crippen LogP contribution < -0.4 is 43.1 Å². The lowest BCUT2D eigenvalue weighted by Gasteiger charge is -2.46. The fraction of sp³-hybridized carbons (Fsp3) is 0.200. The van der Waals surface area contributed by atoms with Gasteiger partial charge in [0, 0.05) is 12.1 Å². The van der Waals surface area contributed by atoms with Crippen molar-refractivity contribution < 1.29 is 127 Å². The molecule has 0 nitrogen and oxygen atoms in total. The Balaban J connectivity index is 0.000000600. The average Bonchev–Trinajstić information content (AvgIpc) is 3.81. The van der Waals surface area contributed by atoms with Crippen molar-refractivity contribution in [2.45, 2.75) is 57.8 Å². The van der Waals surface area contributed by atoms with Crippen molar-refractivity contribution in [2.24, 2.45) is 0 Å². The van der Waals surface area contributed by atoms with Crippen LogP contribution in [-0.4, -0.2) is 6.15 Å². The molecule has 0 radical (unpaired) electrons. The molecule has 70 heavy (non-hydrogen) atoms. The second kappa shape index (κ2) is 19.5. The topological polar surface area (TPSA) is 0 Å². The van der Waals surface area contributed by atoms with E-state index in [1.807, 2.05) is 0 Å². The van der Waals surface area contributed by atoms with E-state index in [2.05, 4.69) is 49.5 Å². The highest BCUT2D eigenvalue weighted by Crippen LogP contribution is 2.41. The van der Waals surface area contributed by atoms with E-state index in [1.165, 1.54) is 5.77 Å². The third-order valence-corrected chi connectivity index (χ3v) is 16.1. The van der Waals surface area contributed by atoms with Crippen molar-refractivity contribution in [3.05, 3.63) is 147 Å². The van der Waals surface area contributed by atoms with E-state index < -0.39 is 195 Å². The predicted molar refractivity (Wildman–Crippen MR) is 211 cm³/mol. The maximum absolute atomic E-state index is 14.2. The molecule has 0 bridgehead atoms. The Labute approximate surface area is 405 Å². The lowest BCUT2D eigenvalue weighted by molar-refractivity contribution is -0.585. The van der Waals surface area contributed by atoms with E-state index in [0.29, 0.717) is 0 Å². The molecular formula is C40H18BF24IS4. The van der Waals surface area contributed by atoms with Crippen LogP contribution in [-0.2, 0) is 49.4 Å². The summed E-state index contributed by atoms with van der Waals surface area (Å²) in [6.07, 6.45) is -54.8. The molecule has 30 heteroatoms. The Morgan fingerprint density at radius 1 is 0.286 bits per heavy atom. The summed E-state index contributed by atoms with van der Waals surface area (Å²) in [7, 11) is 0. The first-order valence-corrected chi connectivity index (χ1v) is 22.8. The molecule has 6 aromatic rings. The highest BCUT2D eigenvalue weighted by Gasteiger charge is 2.47. The highest BCUT2D eigenvalue weighted by molar-refractivity contribution is 7.83. The fourth-order valence-corrected chi connectivity index (χ4v) is 14.4. The molecule has 0 unspecified atom stereocenters. The second-order valence-electron chi connectivity index (χ2n) is 14.5. The Morgan fingerprint density at radius 2 is 0.457 bits per heavy atom. The van der Waals surface area contributed by atoms with E-state index in [4.69, 9.17) is 0 Å². The third-order valence-electron chi connectivity index (χ3n) is 9.74. The minimum atomic E-state index is -6.13. The number of benzene rings is 4. The summed E-state index contributed by atoms with van der Waals surface area (Å²) >= 11 is 12.2. The van der Waals surface area contributed by atoms with Gasteiger partial charge in [-0.15, -0.1) is 25.3 Å². The number of thiophene rings is 2. The van der Waals surface area contributed by atoms with Crippen LogP contribution >= 0.6 is 47.9 Å². The quantitative estimate of drug-likeness (QED) is 0.0706. The van der Waals surface area contributed by atoms with Gasteiger partial charge in [0.05, 0.1) is 52.9 Å². The minimum absolute atomic E-state index is 0.00961. The lowest BCUT2D eigenvalue weighted by Crippen LogP contribution is -3.61. The standard InChI is InChI=1S/C32H12BF24.C8H5IS4/c34-25(35,36)13-1-14(26(37,38)39)6-21(5-13)33(22-7-15(27(40,41)42)2-16(8-22)28(43,44)45,23-9-17(29(46,47)48)3-18(10-23)30(49,50)51)24-11-19(31(52,53)54)4-20(12-24)32(55,56)57;10-7-3-1-5(12-7)9-6-2-4-8(11)13-6/h1-12H;1-4H,(H-,10,11)/q-1;/p+1. The van der Waals surface area contributed by atoms with Gasteiger partial charge in [-0.05, 0) is 36.4 Å². The van der Waals surface area contributed by atoms with Crippen molar-refractivity contribution >= 4 is 75.9 Å². The second-order valence-corrected chi connectivity index (χ2v) is 22.5. The van der Waals surface area contributed by atoms with Gasteiger partial charge >= 0.3 is 70.6 Å². The van der Waals surface area contributed by atoms with E-state index in [-0.39, 0.29) is 21.2 Å². The Bertz CT molecular complexity index is 2360. The first-order valence-electron chi connectivity index (χ1n) is 18.1. The molecular weight excluding hydrogens is 1200 g/mol. The lowest BCUT2D eigenvalue weighted by atomic mass is 9.12. The molecule has 0 aliphatic carbocycles. The Hall–Kier alpha value is -3.91. The van der Waals surface area contributed by atoms with Gasteiger partial charge in [0.2, 0.25) is 5.77 Å². The van der Waals surface area contributed by atoms with Crippen LogP contribution in [0.25, 0.3) is 0 Å². The maximum Gasteiger partial charge on any atom is 0.416 e. The molecule has 0 saturated carbocycles. The highest BCUT2D eigenvalue weighted by atomic mass is 127. The van der Waals surface area contributed by atoms with Crippen molar-refractivity contribution in [1.82, 2.24) is 0 Å². The number of rotatable bonds is 6. The summed E-state index contributed by atoms with van der Waals surface area (Å²) in [4.78, 5) is 0. The molecule has 0 amide bonds. The number of thiol groups is 2. The smallest absolute Gasteiger partial charge is 0.194 e. The Kier molecular flexibility index (Phi) is 15.9. The van der Waals surface area contributed by atoms with Crippen LogP contribution in [0.15, 0.2) is 105 Å². The molecule has 0 N–H and O–H groups in total. The number of alkyl halides is 24. The predicted octanol–water partition coefficient (Wildman–Crippen LogP) is 11.7. The third kappa shape index (κ3) is 13.4. The number of hydrogen-bond donors (Lipinski definition) is 2. The largest absolute Gasteiger partial charge is 0.416 e. The molecule has 0 atom stereocenters. The van der Waals surface area contributed by atoms with Gasteiger partial charge in [-0.3, -0.25) is 0 Å². The van der Waals surface area contributed by atoms with Crippen LogP contribution in [0.1, 0.15) is 44.5 Å². The van der Waals surface area contributed by atoms with Crippen molar-refractivity contribution in [3.63, 3.8) is 0 Å². The molecule has 2 heterocycles. The van der Waals surface area contributed by atoms with E-state index in [9.17, 15) is 105 Å². The summed E-state index contributed by atoms with van der Waals surface area (Å²) in [6.45, 7) is 0. The SMILES string of the molecule is FC(F)(F)c1cc([B-](c2cc(C(F)(F)F)cc(C(F)(F)F)c2)(c2cc(C(F)(F)F)cc(C(F)(F)F)c2)c2cc(C(F)(F)F)cc(C(F)(F)F)c2)cc(C(F)(F)F)c1.Sc1ccc([I+]c2ccc(S)s2)s1. The fourth-order valence-electron chi connectivity index (χ4n) is 6.87. The first-order chi connectivity index (χ1) is 31.5. The van der Waals surface area contributed by atoms with Crippen LogP contribution in [0.5, 0.6) is 0 Å². The Morgan fingerprint density at radius 3 is 0.586 bits per heavy atom. The summed E-state index contributed by atoms with van der Waals surface area (Å²) < 4.78 is 346. The van der Waals surface area contributed by atoms with Gasteiger partial charge in [-0.25, -0.2) is 0 Å². The average molecular weight is 1220 g/mol. The molecule has 0 aliphatic heterocycles. The molecule has 6 rings (SSSR count). The van der Waals surface area contributed by atoms with Crippen molar-refractivity contribution in [2.75, 3.05) is 0 Å². The van der Waals surface area contributed by atoms with Crippen LogP contribution in [0.2, 0.25) is 0 Å². The van der Waals surface area contributed by atoms with E-state index >= 15 is 0 Å². The number of halogens is 25. The zero-order chi connectivity index (χ0) is 53.2. The molecule has 0 spiro atoms. The van der Waals surface area contributed by atoms with Gasteiger partial charge in [0.15, 0.2) is 0 Å². The monoisotopic (exact) mass is 1220 g/mol. The van der Waals surface area contributed by atoms with Crippen molar-refractivity contribution in [1.29, 1.82) is 0 Å².